The van der Waals surface area contributed by atoms with E-state index in [1.54, 1.807) is 0 Å². The lowest BCUT2D eigenvalue weighted by Gasteiger charge is -2.26. The van der Waals surface area contributed by atoms with Gasteiger partial charge in [0.25, 0.3) is 0 Å². The van der Waals surface area contributed by atoms with E-state index >= 15 is 0 Å². The normalized spacial score (nSPS) is 11.0. The molecule has 0 rings (SSSR count). The summed E-state index contributed by atoms with van der Waals surface area (Å²) < 4.78 is 0. The summed E-state index contributed by atoms with van der Waals surface area (Å²) in [6, 6.07) is 0. The van der Waals surface area contributed by atoms with E-state index in [1.807, 2.05) is 13.8 Å². The molecule has 0 saturated carbocycles. The zero-order valence-electron chi connectivity index (χ0n) is 8.91. The molecule has 0 unspecified atom stereocenters. The molecule has 4 heteroatoms. The van der Waals surface area contributed by atoms with Crippen LogP contribution in [-0.2, 0) is 9.59 Å². The van der Waals surface area contributed by atoms with Gasteiger partial charge in [0.2, 0.25) is 5.91 Å². The minimum absolute atomic E-state index is 0.487. The number of carbonyl (C=O) groups is 2. The number of rotatable bonds is 5. The molecule has 0 heterocycles. The largest absolute Gasteiger partial charge is 0.478 e. The number of carbonyl (C=O) groups excluding carboxylic acids is 1. The van der Waals surface area contributed by atoms with Gasteiger partial charge in [0, 0.05) is 12.2 Å². The fraction of sp³-hybridized carbons (Fsp3) is 0.455. The molecule has 0 saturated heterocycles. The van der Waals surface area contributed by atoms with Crippen LogP contribution >= 0.6 is 0 Å². The zero-order chi connectivity index (χ0) is 11.9. The van der Waals surface area contributed by atoms with Crippen LogP contribution < -0.4 is 5.32 Å². The molecule has 0 aromatic heterocycles. The standard InChI is InChI=1S/C11H15NO3/c1-4-11(5-2,6-3)12-9(13)7-8-10(14)15/h1,7-8H,5-6H2,2-3H3,(H,12,13)(H,14,15)/b8-7+. The summed E-state index contributed by atoms with van der Waals surface area (Å²) in [7, 11) is 0. The number of carboxylic acids is 1. The molecule has 0 aliphatic rings. The summed E-state index contributed by atoms with van der Waals surface area (Å²) in [5.74, 6) is 0.871. The molecule has 0 aromatic carbocycles. The Balaban J connectivity index is 4.51. The van der Waals surface area contributed by atoms with Gasteiger partial charge < -0.3 is 10.4 Å². The van der Waals surface area contributed by atoms with Gasteiger partial charge in [-0.05, 0) is 12.8 Å². The molecule has 0 aliphatic carbocycles. The van der Waals surface area contributed by atoms with Crippen molar-refractivity contribution in [3.63, 3.8) is 0 Å². The molecule has 0 fully saturated rings. The first-order chi connectivity index (χ1) is 6.99. The van der Waals surface area contributed by atoms with Gasteiger partial charge >= 0.3 is 5.97 Å². The van der Waals surface area contributed by atoms with Crippen LogP contribution in [0.25, 0.3) is 0 Å². The molecule has 0 radical (unpaired) electrons. The smallest absolute Gasteiger partial charge is 0.328 e. The SMILES string of the molecule is C#CC(CC)(CC)NC(=O)/C=C/C(=O)O. The first-order valence-corrected chi connectivity index (χ1v) is 4.70. The summed E-state index contributed by atoms with van der Waals surface area (Å²) in [5, 5.41) is 10.9. The Bertz CT molecular complexity index is 308. The molecular formula is C11H15NO3. The molecule has 0 bridgehead atoms. The van der Waals surface area contributed by atoms with Gasteiger partial charge in [-0.15, -0.1) is 6.42 Å². The van der Waals surface area contributed by atoms with E-state index < -0.39 is 17.4 Å². The molecule has 0 atom stereocenters. The molecule has 0 aliphatic heterocycles. The number of nitrogens with one attached hydrogen (secondary N) is 1. The molecule has 0 aromatic rings. The highest BCUT2D eigenvalue weighted by atomic mass is 16.4. The highest BCUT2D eigenvalue weighted by Gasteiger charge is 2.24. The van der Waals surface area contributed by atoms with Gasteiger partial charge in [-0.3, -0.25) is 4.79 Å². The number of hydrogen-bond donors (Lipinski definition) is 2. The quantitative estimate of drug-likeness (QED) is 0.523. The third-order valence-electron chi connectivity index (χ3n) is 2.22. The average molecular weight is 209 g/mol. The molecule has 0 spiro atoms. The number of amides is 1. The van der Waals surface area contributed by atoms with Crippen molar-refractivity contribution in [3.8, 4) is 12.3 Å². The van der Waals surface area contributed by atoms with E-state index in [0.29, 0.717) is 12.8 Å². The third-order valence-corrected chi connectivity index (χ3v) is 2.22. The number of aliphatic carboxylic acids is 1. The van der Waals surface area contributed by atoms with E-state index in [0.717, 1.165) is 12.2 Å². The molecular weight excluding hydrogens is 194 g/mol. The maximum absolute atomic E-state index is 11.3. The van der Waals surface area contributed by atoms with Crippen LogP contribution in [0.2, 0.25) is 0 Å². The first-order valence-electron chi connectivity index (χ1n) is 4.70. The van der Waals surface area contributed by atoms with Crippen molar-refractivity contribution >= 4 is 11.9 Å². The molecule has 15 heavy (non-hydrogen) atoms. The average Bonchev–Trinajstić information content (AvgIpc) is 2.23. The van der Waals surface area contributed by atoms with Crippen LogP contribution in [0.1, 0.15) is 26.7 Å². The molecule has 2 N–H and O–H groups in total. The van der Waals surface area contributed by atoms with Gasteiger partial charge in [0.05, 0.1) is 0 Å². The monoisotopic (exact) mass is 209 g/mol. The van der Waals surface area contributed by atoms with E-state index in [1.165, 1.54) is 0 Å². The summed E-state index contributed by atoms with van der Waals surface area (Å²) in [6.45, 7) is 3.73. The van der Waals surface area contributed by atoms with Crippen LogP contribution in [0, 0.1) is 12.3 Å². The van der Waals surface area contributed by atoms with Crippen molar-refractivity contribution in [1.82, 2.24) is 5.32 Å². The predicted octanol–water partition coefficient (Wildman–Crippen LogP) is 0.935. The topological polar surface area (TPSA) is 66.4 Å². The zero-order valence-corrected chi connectivity index (χ0v) is 8.91. The van der Waals surface area contributed by atoms with Gasteiger partial charge in [0.1, 0.15) is 5.54 Å². The second-order valence-corrected chi connectivity index (χ2v) is 3.09. The van der Waals surface area contributed by atoms with Crippen LogP contribution in [0.5, 0.6) is 0 Å². The van der Waals surface area contributed by atoms with Gasteiger partial charge in [-0.25, -0.2) is 4.79 Å². The van der Waals surface area contributed by atoms with E-state index in [2.05, 4.69) is 11.2 Å². The number of terminal acetylenes is 1. The van der Waals surface area contributed by atoms with Crippen LogP contribution in [0.4, 0.5) is 0 Å². The van der Waals surface area contributed by atoms with E-state index in [4.69, 9.17) is 11.5 Å². The fourth-order valence-electron chi connectivity index (χ4n) is 1.09. The molecule has 82 valence electrons. The Morgan fingerprint density at radius 1 is 1.40 bits per heavy atom. The van der Waals surface area contributed by atoms with E-state index in [-0.39, 0.29) is 0 Å². The molecule has 1 amide bonds. The van der Waals surface area contributed by atoms with Gasteiger partial charge in [-0.1, -0.05) is 19.8 Å². The van der Waals surface area contributed by atoms with E-state index in [9.17, 15) is 9.59 Å². The highest BCUT2D eigenvalue weighted by Crippen LogP contribution is 2.13. The summed E-state index contributed by atoms with van der Waals surface area (Å²) >= 11 is 0. The Hall–Kier alpha value is -1.76. The third kappa shape index (κ3) is 4.32. The first kappa shape index (κ1) is 13.2. The van der Waals surface area contributed by atoms with Gasteiger partial charge in [-0.2, -0.15) is 0 Å². The maximum atomic E-state index is 11.3. The van der Waals surface area contributed by atoms with Crippen LogP contribution in [-0.4, -0.2) is 22.5 Å². The Morgan fingerprint density at radius 2 is 1.93 bits per heavy atom. The second-order valence-electron chi connectivity index (χ2n) is 3.09. The van der Waals surface area contributed by atoms with Crippen molar-refractivity contribution in [1.29, 1.82) is 0 Å². The van der Waals surface area contributed by atoms with Crippen molar-refractivity contribution in [2.45, 2.75) is 32.2 Å². The van der Waals surface area contributed by atoms with Crippen molar-refractivity contribution < 1.29 is 14.7 Å². The van der Waals surface area contributed by atoms with Crippen LogP contribution in [0.15, 0.2) is 12.2 Å². The van der Waals surface area contributed by atoms with Crippen molar-refractivity contribution in [3.05, 3.63) is 12.2 Å². The number of carboxylic acid groups (broad SMARTS) is 1. The lowest BCUT2D eigenvalue weighted by atomic mass is 9.94. The fourth-order valence-corrected chi connectivity index (χ4v) is 1.09. The maximum Gasteiger partial charge on any atom is 0.328 e. The Morgan fingerprint density at radius 3 is 2.27 bits per heavy atom. The van der Waals surface area contributed by atoms with Gasteiger partial charge in [0.15, 0.2) is 0 Å². The summed E-state index contributed by atoms with van der Waals surface area (Å²) in [4.78, 5) is 21.5. The van der Waals surface area contributed by atoms with Crippen LogP contribution in [0.3, 0.4) is 0 Å². The second kappa shape index (κ2) is 5.86. The summed E-state index contributed by atoms with van der Waals surface area (Å²) in [5.41, 5.74) is -0.681. The Kier molecular flexibility index (Phi) is 5.18. The minimum Gasteiger partial charge on any atom is -0.478 e. The van der Waals surface area contributed by atoms with Crippen molar-refractivity contribution in [2.75, 3.05) is 0 Å². The lowest BCUT2D eigenvalue weighted by Crippen LogP contribution is -2.45. The number of hydrogen-bond acceptors (Lipinski definition) is 2. The Labute approximate surface area is 89.4 Å². The lowest BCUT2D eigenvalue weighted by molar-refractivity contribution is -0.131. The van der Waals surface area contributed by atoms with Crippen molar-refractivity contribution in [2.24, 2.45) is 0 Å². The highest BCUT2D eigenvalue weighted by molar-refractivity contribution is 5.94. The predicted molar refractivity (Wildman–Crippen MR) is 57.1 cm³/mol. The minimum atomic E-state index is -1.16. The summed E-state index contributed by atoms with van der Waals surface area (Å²) in [6.07, 6.45) is 8.27. The molecule has 4 nitrogen and oxygen atoms in total.